The minimum atomic E-state index is -0.353. The maximum atomic E-state index is 11.3. The summed E-state index contributed by atoms with van der Waals surface area (Å²) in [6, 6.07) is 7.94. The SMILES string of the molecule is Cc1ccc(COC(=O)NCC(C)C)cc1. The quantitative estimate of drug-likeness (QED) is 0.849. The van der Waals surface area contributed by atoms with Crippen molar-refractivity contribution in [3.8, 4) is 0 Å². The first-order valence-electron chi connectivity index (χ1n) is 5.54. The molecule has 0 aromatic heterocycles. The largest absolute Gasteiger partial charge is 0.445 e. The molecular weight excluding hydrogens is 202 g/mol. The first kappa shape index (κ1) is 12.6. The Morgan fingerprint density at radius 2 is 1.94 bits per heavy atom. The van der Waals surface area contributed by atoms with Gasteiger partial charge in [-0.25, -0.2) is 4.79 Å². The van der Waals surface area contributed by atoms with E-state index < -0.39 is 0 Å². The average Bonchev–Trinajstić information content (AvgIpc) is 2.25. The Morgan fingerprint density at radius 1 is 1.31 bits per heavy atom. The summed E-state index contributed by atoms with van der Waals surface area (Å²) in [6.07, 6.45) is -0.353. The molecule has 0 spiro atoms. The molecule has 0 heterocycles. The molecule has 0 saturated carbocycles. The van der Waals surface area contributed by atoms with Gasteiger partial charge < -0.3 is 10.1 Å². The van der Waals surface area contributed by atoms with Crippen molar-refractivity contribution in [2.75, 3.05) is 6.54 Å². The zero-order chi connectivity index (χ0) is 12.0. The van der Waals surface area contributed by atoms with Gasteiger partial charge in [0.05, 0.1) is 0 Å². The van der Waals surface area contributed by atoms with E-state index in [0.717, 1.165) is 5.56 Å². The maximum absolute atomic E-state index is 11.3. The summed E-state index contributed by atoms with van der Waals surface area (Å²) < 4.78 is 5.07. The van der Waals surface area contributed by atoms with E-state index in [-0.39, 0.29) is 6.09 Å². The Labute approximate surface area is 96.8 Å². The minimum Gasteiger partial charge on any atom is -0.445 e. The molecule has 0 aliphatic heterocycles. The van der Waals surface area contributed by atoms with Gasteiger partial charge in [-0.15, -0.1) is 0 Å². The number of nitrogens with one attached hydrogen (secondary N) is 1. The molecule has 0 bridgehead atoms. The number of ether oxygens (including phenoxy) is 1. The van der Waals surface area contributed by atoms with Crippen LogP contribution in [0.4, 0.5) is 4.79 Å². The third kappa shape index (κ3) is 4.82. The lowest BCUT2D eigenvalue weighted by molar-refractivity contribution is 0.138. The Hall–Kier alpha value is -1.51. The Kier molecular flexibility index (Phi) is 4.83. The molecular formula is C13H19NO2. The van der Waals surface area contributed by atoms with Gasteiger partial charge in [-0.3, -0.25) is 0 Å². The van der Waals surface area contributed by atoms with Crippen LogP contribution in [0.1, 0.15) is 25.0 Å². The number of rotatable bonds is 4. The molecule has 0 atom stereocenters. The predicted octanol–water partition coefficient (Wildman–Crippen LogP) is 2.88. The number of carbonyl (C=O) groups is 1. The van der Waals surface area contributed by atoms with Crippen LogP contribution in [-0.4, -0.2) is 12.6 Å². The molecule has 0 aliphatic carbocycles. The number of amides is 1. The molecule has 1 aromatic rings. The molecule has 3 heteroatoms. The van der Waals surface area contributed by atoms with Crippen LogP contribution in [-0.2, 0) is 11.3 Å². The first-order valence-corrected chi connectivity index (χ1v) is 5.54. The van der Waals surface area contributed by atoms with Gasteiger partial charge in [0.25, 0.3) is 0 Å². The molecule has 16 heavy (non-hydrogen) atoms. The number of aryl methyl sites for hydroxylation is 1. The van der Waals surface area contributed by atoms with Crippen molar-refractivity contribution in [1.29, 1.82) is 0 Å². The number of hydrogen-bond donors (Lipinski definition) is 1. The van der Waals surface area contributed by atoms with E-state index in [1.165, 1.54) is 5.56 Å². The molecule has 88 valence electrons. The van der Waals surface area contributed by atoms with Crippen molar-refractivity contribution in [3.63, 3.8) is 0 Å². The summed E-state index contributed by atoms with van der Waals surface area (Å²) in [5, 5.41) is 2.70. The lowest BCUT2D eigenvalue weighted by Gasteiger charge is -2.08. The van der Waals surface area contributed by atoms with Gasteiger partial charge in [0, 0.05) is 6.54 Å². The minimum absolute atomic E-state index is 0.324. The average molecular weight is 221 g/mol. The summed E-state index contributed by atoms with van der Waals surface area (Å²) >= 11 is 0. The second kappa shape index (κ2) is 6.16. The third-order valence-corrected chi connectivity index (χ3v) is 2.15. The summed E-state index contributed by atoms with van der Waals surface area (Å²) in [5.74, 6) is 0.437. The highest BCUT2D eigenvalue weighted by molar-refractivity contribution is 5.67. The normalized spacial score (nSPS) is 10.2. The lowest BCUT2D eigenvalue weighted by Crippen LogP contribution is -2.27. The van der Waals surface area contributed by atoms with Gasteiger partial charge in [0.1, 0.15) is 6.61 Å². The second-order valence-electron chi connectivity index (χ2n) is 4.34. The Balaban J connectivity index is 2.29. The standard InChI is InChI=1S/C13H19NO2/c1-10(2)8-14-13(15)16-9-12-6-4-11(3)5-7-12/h4-7,10H,8-9H2,1-3H3,(H,14,15). The van der Waals surface area contributed by atoms with Crippen molar-refractivity contribution in [3.05, 3.63) is 35.4 Å². The molecule has 1 rings (SSSR count). The molecule has 0 aliphatic rings. The fourth-order valence-corrected chi connectivity index (χ4v) is 1.17. The smallest absolute Gasteiger partial charge is 0.407 e. The molecule has 3 nitrogen and oxygen atoms in total. The van der Waals surface area contributed by atoms with Crippen LogP contribution in [0.25, 0.3) is 0 Å². The topological polar surface area (TPSA) is 38.3 Å². The monoisotopic (exact) mass is 221 g/mol. The van der Waals surface area contributed by atoms with Gasteiger partial charge in [-0.1, -0.05) is 43.7 Å². The zero-order valence-corrected chi connectivity index (χ0v) is 10.1. The van der Waals surface area contributed by atoms with Crippen LogP contribution < -0.4 is 5.32 Å². The Bertz CT molecular complexity index is 330. The number of carbonyl (C=O) groups excluding carboxylic acids is 1. The third-order valence-electron chi connectivity index (χ3n) is 2.15. The van der Waals surface area contributed by atoms with E-state index in [1.54, 1.807) is 0 Å². The van der Waals surface area contributed by atoms with Crippen molar-refractivity contribution in [2.45, 2.75) is 27.4 Å². The molecule has 0 saturated heterocycles. The van der Waals surface area contributed by atoms with E-state index in [2.05, 4.69) is 5.32 Å². The van der Waals surface area contributed by atoms with E-state index in [1.807, 2.05) is 45.0 Å². The molecule has 0 fully saturated rings. The van der Waals surface area contributed by atoms with Crippen LogP contribution in [0.3, 0.4) is 0 Å². The van der Waals surface area contributed by atoms with Crippen molar-refractivity contribution in [1.82, 2.24) is 5.32 Å². The van der Waals surface area contributed by atoms with Gasteiger partial charge >= 0.3 is 6.09 Å². The lowest BCUT2D eigenvalue weighted by atomic mass is 10.2. The molecule has 0 unspecified atom stereocenters. The number of hydrogen-bond acceptors (Lipinski definition) is 2. The van der Waals surface area contributed by atoms with E-state index >= 15 is 0 Å². The molecule has 1 N–H and O–H groups in total. The molecule has 1 aromatic carbocycles. The summed E-state index contributed by atoms with van der Waals surface area (Å²) in [5.41, 5.74) is 2.21. The van der Waals surface area contributed by atoms with Crippen molar-refractivity contribution in [2.24, 2.45) is 5.92 Å². The number of alkyl carbamates (subject to hydrolysis) is 1. The van der Waals surface area contributed by atoms with Crippen LogP contribution in [0.2, 0.25) is 0 Å². The molecule has 1 amide bonds. The van der Waals surface area contributed by atoms with Crippen LogP contribution >= 0.6 is 0 Å². The van der Waals surface area contributed by atoms with E-state index in [4.69, 9.17) is 4.74 Å². The van der Waals surface area contributed by atoms with Crippen LogP contribution in [0, 0.1) is 12.8 Å². The van der Waals surface area contributed by atoms with E-state index in [0.29, 0.717) is 19.1 Å². The van der Waals surface area contributed by atoms with E-state index in [9.17, 15) is 4.79 Å². The zero-order valence-electron chi connectivity index (χ0n) is 10.1. The maximum Gasteiger partial charge on any atom is 0.407 e. The first-order chi connectivity index (χ1) is 7.58. The van der Waals surface area contributed by atoms with Gasteiger partial charge in [-0.05, 0) is 18.4 Å². The second-order valence-corrected chi connectivity index (χ2v) is 4.34. The van der Waals surface area contributed by atoms with Gasteiger partial charge in [0.2, 0.25) is 0 Å². The summed E-state index contributed by atoms with van der Waals surface area (Å²) in [6.45, 7) is 7.08. The summed E-state index contributed by atoms with van der Waals surface area (Å²) in [7, 11) is 0. The van der Waals surface area contributed by atoms with Crippen LogP contribution in [0.5, 0.6) is 0 Å². The highest BCUT2D eigenvalue weighted by Gasteiger charge is 2.02. The van der Waals surface area contributed by atoms with Crippen molar-refractivity contribution >= 4 is 6.09 Å². The van der Waals surface area contributed by atoms with Crippen LogP contribution in [0.15, 0.2) is 24.3 Å². The van der Waals surface area contributed by atoms with Gasteiger partial charge in [0.15, 0.2) is 0 Å². The fraction of sp³-hybridized carbons (Fsp3) is 0.462. The number of benzene rings is 1. The predicted molar refractivity (Wildman–Crippen MR) is 64.2 cm³/mol. The van der Waals surface area contributed by atoms with Crippen molar-refractivity contribution < 1.29 is 9.53 Å². The summed E-state index contributed by atoms with van der Waals surface area (Å²) in [4.78, 5) is 11.3. The van der Waals surface area contributed by atoms with Gasteiger partial charge in [-0.2, -0.15) is 0 Å². The highest BCUT2D eigenvalue weighted by Crippen LogP contribution is 2.04. The fourth-order valence-electron chi connectivity index (χ4n) is 1.17. The molecule has 0 radical (unpaired) electrons. The highest BCUT2D eigenvalue weighted by atomic mass is 16.5. The Morgan fingerprint density at radius 3 is 2.50 bits per heavy atom.